The van der Waals surface area contributed by atoms with Crippen LogP contribution in [0.15, 0.2) is 60.1 Å². The molecule has 5 aromatic rings. The Kier molecular flexibility index (Phi) is 9.24. The first-order valence-corrected chi connectivity index (χ1v) is 15.0. The summed E-state index contributed by atoms with van der Waals surface area (Å²) in [6, 6.07) is 15.3. The number of benzene rings is 2. The second kappa shape index (κ2) is 13.2. The molecule has 0 aliphatic rings. The van der Waals surface area contributed by atoms with Gasteiger partial charge in [0.05, 0.1) is 29.7 Å². The number of fused-ring (bicyclic) bond motifs is 2. The fraction of sp³-hybridized carbons (Fsp3) is 0.281. The number of aromatic nitrogens is 2. The molecule has 3 aromatic heterocycles. The molecule has 0 fully saturated rings. The van der Waals surface area contributed by atoms with Crippen LogP contribution in [0, 0.1) is 0 Å². The number of thiophene rings is 1. The predicted octanol–water partition coefficient (Wildman–Crippen LogP) is 4.92. The molecular weight excluding hydrogens is 562 g/mol. The van der Waals surface area contributed by atoms with Crippen LogP contribution in [0.5, 0.6) is 5.75 Å². The number of nitrogens with zero attached hydrogens (tertiary/aromatic N) is 3. The molecule has 0 aliphatic heterocycles. The number of pyridine rings is 1. The standard InChI is InChI=1S/C32H37N7O3S/c1-38(2)14-8-7-13-34-19-36-31(40)22-17-35-30(33)28-23(18-43-29(22)28)20-11-12-24(27(16-20)42-4)37-32(41)26-15-21-9-5-6-10-25(21)39(26)3/h5-6,9-12,15-18,34H,7-8,13-14,19H2,1-4H3,(H2,33,35)(H,36,40)(H,37,41). The van der Waals surface area contributed by atoms with Gasteiger partial charge in [-0.2, -0.15) is 0 Å². The molecule has 5 rings (SSSR count). The van der Waals surface area contributed by atoms with Crippen LogP contribution in [0.1, 0.15) is 33.7 Å². The van der Waals surface area contributed by atoms with Crippen LogP contribution in [-0.4, -0.2) is 67.2 Å². The molecule has 0 saturated carbocycles. The summed E-state index contributed by atoms with van der Waals surface area (Å²) in [6.07, 6.45) is 3.65. The lowest BCUT2D eigenvalue weighted by Gasteiger charge is -2.13. The lowest BCUT2D eigenvalue weighted by molar-refractivity contribution is 0.0951. The lowest BCUT2D eigenvalue weighted by Crippen LogP contribution is -2.34. The van der Waals surface area contributed by atoms with Gasteiger partial charge in [-0.25, -0.2) is 4.98 Å². The summed E-state index contributed by atoms with van der Waals surface area (Å²) in [5, 5.41) is 12.9. The van der Waals surface area contributed by atoms with Crippen molar-refractivity contribution >= 4 is 55.6 Å². The minimum atomic E-state index is -0.238. The number of nitrogens with one attached hydrogen (secondary N) is 3. The monoisotopic (exact) mass is 599 g/mol. The topological polar surface area (TPSA) is 127 Å². The zero-order valence-electron chi connectivity index (χ0n) is 24.9. The molecule has 0 aliphatic carbocycles. The summed E-state index contributed by atoms with van der Waals surface area (Å²) in [4.78, 5) is 32.8. The minimum Gasteiger partial charge on any atom is -0.495 e. The molecule has 5 N–H and O–H groups in total. The van der Waals surface area contributed by atoms with Gasteiger partial charge in [-0.1, -0.05) is 24.3 Å². The lowest BCUT2D eigenvalue weighted by atomic mass is 10.0. The van der Waals surface area contributed by atoms with Gasteiger partial charge < -0.3 is 30.6 Å². The van der Waals surface area contributed by atoms with Crippen molar-refractivity contribution in [3.8, 4) is 16.9 Å². The maximum absolute atomic E-state index is 13.2. The van der Waals surface area contributed by atoms with Crippen LogP contribution < -0.4 is 26.4 Å². The van der Waals surface area contributed by atoms with Crippen molar-refractivity contribution in [1.82, 2.24) is 25.1 Å². The van der Waals surface area contributed by atoms with Crippen molar-refractivity contribution in [2.45, 2.75) is 12.8 Å². The van der Waals surface area contributed by atoms with Gasteiger partial charge >= 0.3 is 0 Å². The van der Waals surface area contributed by atoms with Gasteiger partial charge in [0.1, 0.15) is 17.3 Å². The van der Waals surface area contributed by atoms with E-state index in [-0.39, 0.29) is 11.8 Å². The first-order valence-electron chi connectivity index (χ1n) is 14.1. The molecule has 2 aromatic carbocycles. The first-order chi connectivity index (χ1) is 20.8. The predicted molar refractivity (Wildman–Crippen MR) is 175 cm³/mol. The summed E-state index contributed by atoms with van der Waals surface area (Å²) in [7, 11) is 7.55. The smallest absolute Gasteiger partial charge is 0.272 e. The molecule has 3 heterocycles. The molecule has 0 bridgehead atoms. The molecule has 43 heavy (non-hydrogen) atoms. The maximum Gasteiger partial charge on any atom is 0.272 e. The zero-order valence-corrected chi connectivity index (χ0v) is 25.7. The summed E-state index contributed by atoms with van der Waals surface area (Å²) < 4.78 is 8.30. The molecule has 0 saturated heterocycles. The van der Waals surface area contributed by atoms with Crippen LogP contribution >= 0.6 is 11.3 Å². The van der Waals surface area contributed by atoms with Crippen molar-refractivity contribution in [2.75, 3.05) is 52.0 Å². The number of rotatable bonds is 12. The number of nitrogen functional groups attached to an aromatic ring is 1. The van der Waals surface area contributed by atoms with Gasteiger partial charge in [-0.15, -0.1) is 11.3 Å². The Balaban J connectivity index is 1.33. The van der Waals surface area contributed by atoms with Crippen LogP contribution in [0.3, 0.4) is 0 Å². The van der Waals surface area contributed by atoms with E-state index in [9.17, 15) is 9.59 Å². The van der Waals surface area contributed by atoms with E-state index in [1.54, 1.807) is 7.11 Å². The summed E-state index contributed by atoms with van der Waals surface area (Å²) in [5.41, 5.74) is 10.5. The summed E-state index contributed by atoms with van der Waals surface area (Å²) in [5.74, 6) is 0.392. The van der Waals surface area contributed by atoms with E-state index in [4.69, 9.17) is 10.5 Å². The van der Waals surface area contributed by atoms with Crippen molar-refractivity contribution in [3.63, 3.8) is 0 Å². The van der Waals surface area contributed by atoms with Crippen LogP contribution in [-0.2, 0) is 7.05 Å². The number of unbranched alkanes of at least 4 members (excludes halogenated alkanes) is 1. The molecule has 0 radical (unpaired) electrons. The van der Waals surface area contributed by atoms with E-state index in [1.165, 1.54) is 17.5 Å². The number of methoxy groups -OCH3 is 1. The second-order valence-corrected chi connectivity index (χ2v) is 11.5. The SMILES string of the molecule is COc1cc(-c2csc3c(C(=O)NCNCCCCN(C)C)cnc(N)c23)ccc1NC(=O)c1cc2ccccc2n1C. The Morgan fingerprint density at radius 1 is 1.09 bits per heavy atom. The number of hydrogen-bond acceptors (Lipinski definition) is 8. The molecular formula is C32H37N7O3S. The van der Waals surface area contributed by atoms with Crippen LogP contribution in [0.4, 0.5) is 11.5 Å². The van der Waals surface area contributed by atoms with Crippen molar-refractivity contribution in [3.05, 3.63) is 71.4 Å². The van der Waals surface area contributed by atoms with Gasteiger partial charge in [0.2, 0.25) is 0 Å². The molecule has 0 atom stereocenters. The Hall–Kier alpha value is -4.45. The highest BCUT2D eigenvalue weighted by Gasteiger charge is 2.20. The van der Waals surface area contributed by atoms with E-state index in [1.807, 2.05) is 65.5 Å². The molecule has 11 heteroatoms. The average molecular weight is 600 g/mol. The third-order valence-corrected chi connectivity index (χ3v) is 8.41. The van der Waals surface area contributed by atoms with E-state index >= 15 is 0 Å². The number of anilines is 2. The highest BCUT2D eigenvalue weighted by Crippen LogP contribution is 2.41. The number of para-hydroxylation sites is 1. The van der Waals surface area contributed by atoms with Crippen LogP contribution in [0.2, 0.25) is 0 Å². The summed E-state index contributed by atoms with van der Waals surface area (Å²) >= 11 is 1.44. The highest BCUT2D eigenvalue weighted by molar-refractivity contribution is 7.18. The van der Waals surface area contributed by atoms with Gasteiger partial charge in [0.25, 0.3) is 11.8 Å². The maximum atomic E-state index is 13.2. The fourth-order valence-corrected chi connectivity index (χ4v) is 6.20. The fourth-order valence-electron chi connectivity index (χ4n) is 5.10. The number of amides is 2. The Bertz CT molecular complexity index is 1780. The Morgan fingerprint density at radius 2 is 1.91 bits per heavy atom. The number of ether oxygens (including phenoxy) is 1. The molecule has 10 nitrogen and oxygen atoms in total. The quantitative estimate of drug-likeness (QED) is 0.119. The van der Waals surface area contributed by atoms with Crippen molar-refractivity contribution in [2.24, 2.45) is 7.05 Å². The minimum absolute atomic E-state index is 0.212. The second-order valence-electron chi connectivity index (χ2n) is 10.6. The van der Waals surface area contributed by atoms with E-state index in [2.05, 4.69) is 39.9 Å². The van der Waals surface area contributed by atoms with E-state index in [0.717, 1.165) is 52.7 Å². The molecule has 2 amide bonds. The van der Waals surface area contributed by atoms with E-state index < -0.39 is 0 Å². The first kappa shape index (κ1) is 30.0. The Morgan fingerprint density at radius 3 is 2.67 bits per heavy atom. The molecule has 224 valence electrons. The Labute approximate surface area is 254 Å². The van der Waals surface area contributed by atoms with Gasteiger partial charge in [-0.05, 0) is 75.2 Å². The molecule has 0 unspecified atom stereocenters. The number of nitrogens with two attached hydrogens (primary N) is 1. The number of carbonyl (C=O) groups excluding carboxylic acids is 2. The third-order valence-electron chi connectivity index (χ3n) is 7.40. The average Bonchev–Trinajstić information content (AvgIpc) is 3.59. The van der Waals surface area contributed by atoms with Gasteiger partial charge in [-0.3, -0.25) is 14.9 Å². The number of hydrogen-bond donors (Lipinski definition) is 4. The third kappa shape index (κ3) is 6.48. The number of carbonyl (C=O) groups is 2. The summed E-state index contributed by atoms with van der Waals surface area (Å²) in [6.45, 7) is 2.24. The largest absolute Gasteiger partial charge is 0.495 e. The zero-order chi connectivity index (χ0) is 30.5. The number of aryl methyl sites for hydroxylation is 1. The van der Waals surface area contributed by atoms with Gasteiger partial charge in [0, 0.05) is 35.1 Å². The van der Waals surface area contributed by atoms with Crippen molar-refractivity contribution in [1.29, 1.82) is 0 Å². The normalized spacial score (nSPS) is 11.4. The van der Waals surface area contributed by atoms with E-state index in [0.29, 0.717) is 40.6 Å². The van der Waals surface area contributed by atoms with Crippen molar-refractivity contribution < 1.29 is 14.3 Å². The van der Waals surface area contributed by atoms with Crippen LogP contribution in [0.25, 0.3) is 32.1 Å². The molecule has 0 spiro atoms. The highest BCUT2D eigenvalue weighted by atomic mass is 32.1. The van der Waals surface area contributed by atoms with Gasteiger partial charge in [0.15, 0.2) is 0 Å².